The van der Waals surface area contributed by atoms with Gasteiger partial charge >= 0.3 is 0 Å². The number of halogens is 1. The largest absolute Gasteiger partial charge is 0.497 e. The summed E-state index contributed by atoms with van der Waals surface area (Å²) in [6, 6.07) is 6.26. The van der Waals surface area contributed by atoms with Crippen molar-refractivity contribution in [2.24, 2.45) is 0 Å². The lowest BCUT2D eigenvalue weighted by Crippen LogP contribution is -2.27. The molecule has 6 nitrogen and oxygen atoms in total. The minimum Gasteiger partial charge on any atom is -0.497 e. The Morgan fingerprint density at radius 3 is 2.50 bits per heavy atom. The van der Waals surface area contributed by atoms with Gasteiger partial charge in [-0.15, -0.1) is 0 Å². The second-order valence-corrected chi connectivity index (χ2v) is 7.14. The van der Waals surface area contributed by atoms with Gasteiger partial charge < -0.3 is 4.74 Å². The molecule has 2 aromatic rings. The van der Waals surface area contributed by atoms with Crippen molar-refractivity contribution >= 4 is 21.6 Å². The van der Waals surface area contributed by atoms with Gasteiger partial charge in [0.25, 0.3) is 0 Å². The highest BCUT2D eigenvalue weighted by molar-refractivity contribution is 7.89. The number of sulfonamides is 1. The summed E-state index contributed by atoms with van der Waals surface area (Å²) in [7, 11) is -0.556. The van der Waals surface area contributed by atoms with Crippen molar-refractivity contribution < 1.29 is 13.2 Å². The molecule has 22 heavy (non-hydrogen) atoms. The maximum Gasteiger partial charge on any atom is 0.243 e. The number of aryl methyl sites for hydroxylation is 1. The molecule has 0 saturated heterocycles. The van der Waals surface area contributed by atoms with Crippen LogP contribution in [-0.4, -0.2) is 36.7 Å². The molecular weight excluding hydrogens is 326 g/mol. The average molecular weight is 344 g/mol. The van der Waals surface area contributed by atoms with E-state index in [2.05, 4.69) is 5.10 Å². The summed E-state index contributed by atoms with van der Waals surface area (Å²) in [6.45, 7) is 2.70. The number of benzene rings is 1. The van der Waals surface area contributed by atoms with Gasteiger partial charge in [-0.25, -0.2) is 8.42 Å². The fourth-order valence-electron chi connectivity index (χ4n) is 2.04. The van der Waals surface area contributed by atoms with Gasteiger partial charge in [-0.3, -0.25) is 4.68 Å². The summed E-state index contributed by atoms with van der Waals surface area (Å²) in [6.07, 6.45) is 1.52. The molecule has 0 atom stereocenters. The predicted molar refractivity (Wildman–Crippen MR) is 84.6 cm³/mol. The Balaban J connectivity index is 2.26. The highest BCUT2D eigenvalue weighted by Gasteiger charge is 2.23. The molecule has 0 bridgehead atoms. The van der Waals surface area contributed by atoms with Crippen LogP contribution in [0.4, 0.5) is 0 Å². The van der Waals surface area contributed by atoms with Crippen LogP contribution in [0.3, 0.4) is 0 Å². The Morgan fingerprint density at radius 2 is 1.95 bits per heavy atom. The van der Waals surface area contributed by atoms with Crippen LogP contribution in [0, 0.1) is 0 Å². The molecule has 0 N–H and O–H groups in total. The van der Waals surface area contributed by atoms with E-state index in [4.69, 9.17) is 16.3 Å². The second kappa shape index (κ2) is 6.68. The van der Waals surface area contributed by atoms with Crippen LogP contribution in [0.25, 0.3) is 0 Å². The molecule has 0 aliphatic rings. The molecule has 0 spiro atoms. The number of hydrogen-bond acceptors (Lipinski definition) is 4. The fourth-order valence-corrected chi connectivity index (χ4v) is 3.37. The molecule has 8 heteroatoms. The van der Waals surface area contributed by atoms with Gasteiger partial charge in [0.05, 0.1) is 35.5 Å². The van der Waals surface area contributed by atoms with Crippen molar-refractivity contribution in [2.45, 2.75) is 24.9 Å². The predicted octanol–water partition coefficient (Wildman–Crippen LogP) is 2.39. The third-order valence-corrected chi connectivity index (χ3v) is 5.47. The van der Waals surface area contributed by atoms with Crippen LogP contribution >= 0.6 is 11.6 Å². The molecule has 0 aliphatic heterocycles. The molecule has 120 valence electrons. The molecule has 0 fully saturated rings. The Bertz CT molecular complexity index is 741. The van der Waals surface area contributed by atoms with Crippen molar-refractivity contribution in [3.05, 3.63) is 41.2 Å². The minimum atomic E-state index is -3.60. The number of aromatic nitrogens is 2. The first-order valence-corrected chi connectivity index (χ1v) is 8.52. The van der Waals surface area contributed by atoms with E-state index in [9.17, 15) is 8.42 Å². The van der Waals surface area contributed by atoms with Crippen LogP contribution in [0.15, 0.2) is 35.4 Å². The van der Waals surface area contributed by atoms with E-state index in [0.717, 1.165) is 0 Å². The van der Waals surface area contributed by atoms with Crippen molar-refractivity contribution in [2.75, 3.05) is 14.2 Å². The van der Waals surface area contributed by atoms with E-state index >= 15 is 0 Å². The molecule has 1 aromatic carbocycles. The maximum atomic E-state index is 12.6. The highest BCUT2D eigenvalue weighted by Crippen LogP contribution is 2.22. The maximum absolute atomic E-state index is 12.6. The number of nitrogens with zero attached hydrogens (tertiary/aromatic N) is 3. The molecule has 0 saturated carbocycles. The number of ether oxygens (including phenoxy) is 1. The van der Waals surface area contributed by atoms with Gasteiger partial charge in [0, 0.05) is 13.6 Å². The van der Waals surface area contributed by atoms with Crippen LogP contribution in [0.2, 0.25) is 5.02 Å². The summed E-state index contributed by atoms with van der Waals surface area (Å²) in [5.41, 5.74) is 0.670. The van der Waals surface area contributed by atoms with E-state index in [-0.39, 0.29) is 11.4 Å². The van der Waals surface area contributed by atoms with Gasteiger partial charge in [-0.2, -0.15) is 9.40 Å². The second-order valence-electron chi connectivity index (χ2n) is 4.69. The Morgan fingerprint density at radius 1 is 1.32 bits per heavy atom. The summed E-state index contributed by atoms with van der Waals surface area (Å²) in [5.74, 6) is 0.605. The van der Waals surface area contributed by atoms with E-state index in [0.29, 0.717) is 23.0 Å². The molecule has 2 rings (SSSR count). The van der Waals surface area contributed by atoms with Gasteiger partial charge in [0.15, 0.2) is 0 Å². The number of methoxy groups -OCH3 is 1. The summed E-state index contributed by atoms with van der Waals surface area (Å²) >= 11 is 6.08. The van der Waals surface area contributed by atoms with Gasteiger partial charge in [-0.05, 0) is 31.2 Å². The van der Waals surface area contributed by atoms with Crippen LogP contribution < -0.4 is 4.74 Å². The van der Waals surface area contributed by atoms with E-state index in [1.165, 1.54) is 36.8 Å². The molecule has 1 heterocycles. The minimum absolute atomic E-state index is 0.154. The highest BCUT2D eigenvalue weighted by atomic mass is 35.5. The first-order chi connectivity index (χ1) is 10.4. The zero-order chi connectivity index (χ0) is 16.3. The first-order valence-electron chi connectivity index (χ1n) is 6.70. The molecule has 0 aliphatic carbocycles. The van der Waals surface area contributed by atoms with E-state index < -0.39 is 10.0 Å². The van der Waals surface area contributed by atoms with E-state index in [1.54, 1.807) is 16.8 Å². The van der Waals surface area contributed by atoms with Crippen LogP contribution in [-0.2, 0) is 23.1 Å². The van der Waals surface area contributed by atoms with Crippen molar-refractivity contribution in [1.29, 1.82) is 0 Å². The lowest BCUT2D eigenvalue weighted by molar-refractivity contribution is 0.414. The molecular formula is C14H18ClN3O3S. The lowest BCUT2D eigenvalue weighted by atomic mass is 10.3. The number of hydrogen-bond donors (Lipinski definition) is 0. The normalized spacial score (nSPS) is 11.9. The zero-order valence-electron chi connectivity index (χ0n) is 12.7. The van der Waals surface area contributed by atoms with Crippen molar-refractivity contribution in [3.8, 4) is 5.75 Å². The third-order valence-electron chi connectivity index (χ3n) is 3.34. The molecule has 0 radical (unpaired) electrons. The molecule has 0 amide bonds. The molecule has 0 unspecified atom stereocenters. The first kappa shape index (κ1) is 16.8. The summed E-state index contributed by atoms with van der Waals surface area (Å²) < 4.78 is 33.1. The molecule has 1 aromatic heterocycles. The quantitative estimate of drug-likeness (QED) is 0.807. The van der Waals surface area contributed by atoms with Gasteiger partial charge in [0.1, 0.15) is 5.75 Å². The third kappa shape index (κ3) is 3.26. The van der Waals surface area contributed by atoms with Gasteiger partial charge in [0.2, 0.25) is 10.0 Å². The Labute approximate surface area is 135 Å². The Kier molecular flexibility index (Phi) is 5.10. The summed E-state index contributed by atoms with van der Waals surface area (Å²) in [5, 5.41) is 4.57. The van der Waals surface area contributed by atoms with Gasteiger partial charge in [-0.1, -0.05) is 11.6 Å². The average Bonchev–Trinajstić information content (AvgIpc) is 2.87. The lowest BCUT2D eigenvalue weighted by Gasteiger charge is -2.18. The summed E-state index contributed by atoms with van der Waals surface area (Å²) in [4.78, 5) is 0.203. The fraction of sp³-hybridized carbons (Fsp3) is 0.357. The SMILES string of the molecule is CCn1ncc(Cl)c1CN(C)S(=O)(=O)c1ccc(OC)cc1. The Hall–Kier alpha value is -1.57. The van der Waals surface area contributed by atoms with Crippen molar-refractivity contribution in [1.82, 2.24) is 14.1 Å². The zero-order valence-corrected chi connectivity index (χ0v) is 14.2. The number of rotatable bonds is 6. The smallest absolute Gasteiger partial charge is 0.243 e. The van der Waals surface area contributed by atoms with Crippen LogP contribution in [0.1, 0.15) is 12.6 Å². The van der Waals surface area contributed by atoms with Crippen molar-refractivity contribution in [3.63, 3.8) is 0 Å². The van der Waals surface area contributed by atoms with Crippen LogP contribution in [0.5, 0.6) is 5.75 Å². The monoisotopic (exact) mass is 343 g/mol. The topological polar surface area (TPSA) is 64.4 Å². The standard InChI is InChI=1S/C14H18ClN3O3S/c1-4-18-14(13(15)9-16-18)10-17(2)22(19,20)12-7-5-11(21-3)6-8-12/h5-9H,4,10H2,1-3H3. The van der Waals surface area contributed by atoms with E-state index in [1.807, 2.05) is 6.92 Å².